The second-order valence-corrected chi connectivity index (χ2v) is 4.98. The number of carbonyl (C=O) groups excluding carboxylic acids is 1. The summed E-state index contributed by atoms with van der Waals surface area (Å²) in [4.78, 5) is 16.8. The van der Waals surface area contributed by atoms with E-state index >= 15 is 0 Å². The van der Waals surface area contributed by atoms with Crippen molar-refractivity contribution in [3.8, 4) is 0 Å². The van der Waals surface area contributed by atoms with Crippen molar-refractivity contribution in [1.82, 2.24) is 5.48 Å². The summed E-state index contributed by atoms with van der Waals surface area (Å²) in [6.07, 6.45) is 0.500. The lowest BCUT2D eigenvalue weighted by Gasteiger charge is -2.20. The van der Waals surface area contributed by atoms with E-state index in [4.69, 9.17) is 10.6 Å². The van der Waals surface area contributed by atoms with Crippen molar-refractivity contribution in [2.24, 2.45) is 5.73 Å². The molecule has 0 radical (unpaired) electrons. The number of hydrogen-bond donors (Lipinski definition) is 2. The van der Waals surface area contributed by atoms with Crippen LogP contribution in [-0.2, 0) is 16.1 Å². The van der Waals surface area contributed by atoms with Crippen LogP contribution in [0.1, 0.15) is 26.3 Å². The van der Waals surface area contributed by atoms with Gasteiger partial charge < -0.3 is 5.73 Å². The average Bonchev–Trinajstić information content (AvgIpc) is 2.26. The Morgan fingerprint density at radius 3 is 2.47 bits per heavy atom. The van der Waals surface area contributed by atoms with Crippen molar-refractivity contribution in [3.05, 3.63) is 35.9 Å². The van der Waals surface area contributed by atoms with Gasteiger partial charge in [-0.1, -0.05) is 30.3 Å². The van der Waals surface area contributed by atoms with E-state index in [2.05, 4.69) is 5.48 Å². The first-order chi connectivity index (χ1) is 7.88. The van der Waals surface area contributed by atoms with Gasteiger partial charge in [0.05, 0.1) is 11.6 Å². The van der Waals surface area contributed by atoms with Crippen LogP contribution in [0.15, 0.2) is 30.3 Å². The first-order valence-corrected chi connectivity index (χ1v) is 5.66. The Labute approximate surface area is 102 Å². The van der Waals surface area contributed by atoms with Gasteiger partial charge in [-0.15, -0.1) is 0 Å². The second-order valence-electron chi connectivity index (χ2n) is 4.98. The van der Waals surface area contributed by atoms with Gasteiger partial charge in [0.25, 0.3) is 5.91 Å². The van der Waals surface area contributed by atoms with Gasteiger partial charge in [0.1, 0.15) is 0 Å². The summed E-state index contributed by atoms with van der Waals surface area (Å²) in [6.45, 7) is 5.57. The molecule has 0 aliphatic carbocycles. The van der Waals surface area contributed by atoms with Crippen LogP contribution in [-0.4, -0.2) is 17.6 Å². The number of nitrogens with one attached hydrogen (secondary N) is 1. The number of hydroxylamine groups is 1. The lowest BCUT2D eigenvalue weighted by Crippen LogP contribution is -2.44. The average molecular weight is 236 g/mol. The monoisotopic (exact) mass is 236 g/mol. The minimum Gasteiger partial charge on any atom is -0.320 e. The summed E-state index contributed by atoms with van der Waals surface area (Å²) in [5, 5.41) is 0. The Hall–Kier alpha value is -1.39. The molecule has 0 spiro atoms. The summed E-state index contributed by atoms with van der Waals surface area (Å²) in [5.74, 6) is -0.302. The van der Waals surface area contributed by atoms with Crippen molar-refractivity contribution in [1.29, 1.82) is 0 Å². The number of hydrogen-bond acceptors (Lipinski definition) is 3. The normalized spacial score (nSPS) is 13.2. The highest BCUT2D eigenvalue weighted by atomic mass is 16.7. The fraction of sp³-hybridized carbons (Fsp3) is 0.462. The summed E-state index contributed by atoms with van der Waals surface area (Å²) in [6, 6.07) is 9.06. The van der Waals surface area contributed by atoms with Gasteiger partial charge in [-0.3, -0.25) is 9.63 Å². The van der Waals surface area contributed by atoms with Crippen molar-refractivity contribution in [3.63, 3.8) is 0 Å². The Kier molecular flexibility index (Phi) is 4.66. The number of carbonyl (C=O) groups is 1. The Morgan fingerprint density at radius 1 is 1.35 bits per heavy atom. The molecule has 1 amide bonds. The topological polar surface area (TPSA) is 64.3 Å². The molecule has 4 nitrogen and oxygen atoms in total. The molecule has 0 aliphatic heterocycles. The third kappa shape index (κ3) is 5.47. The SMILES string of the molecule is CC(C)(C)ONC(=O)C(N)Cc1ccccc1. The first kappa shape index (κ1) is 13.7. The van der Waals surface area contributed by atoms with Crippen LogP contribution in [0.25, 0.3) is 0 Å². The molecule has 0 fully saturated rings. The highest BCUT2D eigenvalue weighted by Crippen LogP contribution is 2.05. The molecule has 94 valence electrons. The summed E-state index contributed by atoms with van der Waals surface area (Å²) >= 11 is 0. The van der Waals surface area contributed by atoms with E-state index in [-0.39, 0.29) is 5.91 Å². The molecule has 0 heterocycles. The second kappa shape index (κ2) is 5.80. The molecule has 1 aromatic rings. The van der Waals surface area contributed by atoms with Gasteiger partial charge in [0, 0.05) is 0 Å². The van der Waals surface area contributed by atoms with Crippen molar-refractivity contribution in [2.45, 2.75) is 38.8 Å². The maximum absolute atomic E-state index is 11.6. The fourth-order valence-corrected chi connectivity index (χ4v) is 1.24. The highest BCUT2D eigenvalue weighted by molar-refractivity contribution is 5.80. The highest BCUT2D eigenvalue weighted by Gasteiger charge is 2.17. The predicted octanol–water partition coefficient (Wildman–Crippen LogP) is 1.40. The molecular formula is C13H20N2O2. The Balaban J connectivity index is 2.43. The van der Waals surface area contributed by atoms with E-state index in [0.29, 0.717) is 6.42 Å². The van der Waals surface area contributed by atoms with Gasteiger partial charge in [-0.05, 0) is 32.8 Å². The number of rotatable bonds is 4. The molecule has 0 bridgehead atoms. The smallest absolute Gasteiger partial charge is 0.260 e. The number of nitrogens with two attached hydrogens (primary N) is 1. The van der Waals surface area contributed by atoms with Gasteiger partial charge >= 0.3 is 0 Å². The molecule has 1 rings (SSSR count). The maximum Gasteiger partial charge on any atom is 0.260 e. The van der Waals surface area contributed by atoms with Crippen molar-refractivity contribution >= 4 is 5.91 Å². The van der Waals surface area contributed by atoms with Crippen molar-refractivity contribution in [2.75, 3.05) is 0 Å². The lowest BCUT2D eigenvalue weighted by molar-refractivity contribution is -0.146. The van der Waals surface area contributed by atoms with Gasteiger partial charge in [0.15, 0.2) is 0 Å². The fourth-order valence-electron chi connectivity index (χ4n) is 1.24. The molecule has 1 unspecified atom stereocenters. The zero-order chi connectivity index (χ0) is 12.9. The third-order valence-corrected chi connectivity index (χ3v) is 2.09. The van der Waals surface area contributed by atoms with E-state index in [1.165, 1.54) is 0 Å². The molecule has 0 saturated heterocycles. The molecule has 1 aromatic carbocycles. The first-order valence-electron chi connectivity index (χ1n) is 5.66. The molecule has 17 heavy (non-hydrogen) atoms. The van der Waals surface area contributed by atoms with Gasteiger partial charge in [-0.2, -0.15) is 0 Å². The standard InChI is InChI=1S/C13H20N2O2/c1-13(2,3)17-15-12(16)11(14)9-10-7-5-4-6-8-10/h4-8,11H,9,14H2,1-3H3,(H,15,16). The Bertz CT molecular complexity index is 357. The zero-order valence-corrected chi connectivity index (χ0v) is 10.6. The minimum absolute atomic E-state index is 0.302. The third-order valence-electron chi connectivity index (χ3n) is 2.09. The maximum atomic E-state index is 11.6. The lowest BCUT2D eigenvalue weighted by atomic mass is 10.1. The molecule has 3 N–H and O–H groups in total. The summed E-state index contributed by atoms with van der Waals surface area (Å²) in [5.41, 5.74) is 8.78. The largest absolute Gasteiger partial charge is 0.320 e. The molecule has 0 aromatic heterocycles. The van der Waals surface area contributed by atoms with E-state index < -0.39 is 11.6 Å². The van der Waals surface area contributed by atoms with Crippen LogP contribution in [0.4, 0.5) is 0 Å². The molecule has 0 aliphatic rings. The van der Waals surface area contributed by atoms with Crippen LogP contribution in [0, 0.1) is 0 Å². The molecular weight excluding hydrogens is 216 g/mol. The van der Waals surface area contributed by atoms with Crippen LogP contribution < -0.4 is 11.2 Å². The van der Waals surface area contributed by atoms with Gasteiger partial charge in [-0.25, -0.2) is 5.48 Å². The number of benzene rings is 1. The number of amides is 1. The zero-order valence-electron chi connectivity index (χ0n) is 10.6. The van der Waals surface area contributed by atoms with Crippen LogP contribution >= 0.6 is 0 Å². The van der Waals surface area contributed by atoms with Crippen LogP contribution in [0.5, 0.6) is 0 Å². The molecule has 1 atom stereocenters. The predicted molar refractivity (Wildman–Crippen MR) is 67.1 cm³/mol. The quantitative estimate of drug-likeness (QED) is 0.777. The van der Waals surface area contributed by atoms with Crippen LogP contribution in [0.2, 0.25) is 0 Å². The van der Waals surface area contributed by atoms with Crippen LogP contribution in [0.3, 0.4) is 0 Å². The van der Waals surface area contributed by atoms with Crippen molar-refractivity contribution < 1.29 is 9.63 Å². The molecule has 0 saturated carbocycles. The van der Waals surface area contributed by atoms with E-state index in [9.17, 15) is 4.79 Å². The van der Waals surface area contributed by atoms with E-state index in [1.54, 1.807) is 0 Å². The molecule has 4 heteroatoms. The van der Waals surface area contributed by atoms with E-state index in [0.717, 1.165) is 5.56 Å². The summed E-state index contributed by atoms with van der Waals surface area (Å²) < 4.78 is 0. The Morgan fingerprint density at radius 2 is 1.94 bits per heavy atom. The van der Waals surface area contributed by atoms with E-state index in [1.807, 2.05) is 51.1 Å². The van der Waals surface area contributed by atoms with Gasteiger partial charge in [0.2, 0.25) is 0 Å². The minimum atomic E-state index is -0.597. The summed E-state index contributed by atoms with van der Waals surface area (Å²) in [7, 11) is 0.